The van der Waals surface area contributed by atoms with E-state index in [2.05, 4.69) is 20.7 Å². The van der Waals surface area contributed by atoms with Crippen LogP contribution in [0.5, 0.6) is 0 Å². The molecule has 0 aliphatic carbocycles. The van der Waals surface area contributed by atoms with Gasteiger partial charge in [-0.25, -0.2) is 0 Å². The summed E-state index contributed by atoms with van der Waals surface area (Å²) in [6, 6.07) is 7.32. The minimum Gasteiger partial charge on any atom is -0.361 e. The van der Waals surface area contributed by atoms with Crippen LogP contribution in [0.4, 0.5) is 5.69 Å². The summed E-state index contributed by atoms with van der Waals surface area (Å²) in [5.41, 5.74) is 4.28. The Balaban J connectivity index is 1.63. The summed E-state index contributed by atoms with van der Waals surface area (Å²) in [6.07, 6.45) is 1.82. The Morgan fingerprint density at radius 1 is 1.21 bits per heavy atom. The van der Waals surface area contributed by atoms with Crippen molar-refractivity contribution in [3.8, 4) is 0 Å². The van der Waals surface area contributed by atoms with E-state index in [0.29, 0.717) is 5.69 Å². The minimum atomic E-state index is -0.691. The first-order valence-electron chi connectivity index (χ1n) is 7.61. The van der Waals surface area contributed by atoms with Crippen LogP contribution in [-0.2, 0) is 23.2 Å². The highest BCUT2D eigenvalue weighted by atomic mass is 16.2. The van der Waals surface area contributed by atoms with Crippen molar-refractivity contribution < 1.29 is 9.59 Å². The number of nitrogens with zero attached hydrogens (tertiary/aromatic N) is 2. The Labute approximate surface area is 139 Å². The molecule has 0 spiro atoms. The fraction of sp³-hybridized carbons (Fsp3) is 0.235. The molecular weight excluding hydrogens is 306 g/mol. The van der Waals surface area contributed by atoms with Crippen LogP contribution < -0.4 is 10.6 Å². The molecule has 2 heterocycles. The molecular formula is C17H19N5O2. The van der Waals surface area contributed by atoms with Gasteiger partial charge in [0.25, 0.3) is 0 Å². The molecule has 0 bridgehead atoms. The number of anilines is 1. The van der Waals surface area contributed by atoms with E-state index < -0.39 is 11.8 Å². The summed E-state index contributed by atoms with van der Waals surface area (Å²) in [5.74, 6) is -1.36. The Bertz CT molecular complexity index is 922. The van der Waals surface area contributed by atoms with Crippen LogP contribution in [0.15, 0.2) is 30.5 Å². The molecule has 0 saturated carbocycles. The Hall–Kier alpha value is -3.09. The van der Waals surface area contributed by atoms with Crippen LogP contribution in [0, 0.1) is 13.8 Å². The quantitative estimate of drug-likeness (QED) is 0.641. The van der Waals surface area contributed by atoms with Crippen molar-refractivity contribution >= 4 is 28.4 Å². The van der Waals surface area contributed by atoms with E-state index >= 15 is 0 Å². The molecule has 3 rings (SSSR count). The lowest BCUT2D eigenvalue weighted by atomic mass is 10.2. The number of hydrogen-bond acceptors (Lipinski definition) is 3. The average molecular weight is 325 g/mol. The fourth-order valence-corrected chi connectivity index (χ4v) is 2.64. The lowest BCUT2D eigenvalue weighted by Crippen LogP contribution is -2.35. The minimum absolute atomic E-state index is 0.272. The first-order chi connectivity index (χ1) is 11.5. The first-order valence-corrected chi connectivity index (χ1v) is 7.61. The molecule has 0 saturated heterocycles. The maximum atomic E-state index is 12.0. The molecule has 2 aromatic heterocycles. The smallest absolute Gasteiger partial charge is 0.313 e. The van der Waals surface area contributed by atoms with E-state index in [0.717, 1.165) is 27.9 Å². The lowest BCUT2D eigenvalue weighted by Gasteiger charge is -2.07. The van der Waals surface area contributed by atoms with Crippen LogP contribution in [0.3, 0.4) is 0 Å². The zero-order valence-electron chi connectivity index (χ0n) is 13.8. The van der Waals surface area contributed by atoms with E-state index in [1.165, 1.54) is 0 Å². The van der Waals surface area contributed by atoms with Gasteiger partial charge in [0, 0.05) is 47.6 Å². The van der Waals surface area contributed by atoms with Gasteiger partial charge in [0.1, 0.15) is 0 Å². The van der Waals surface area contributed by atoms with Crippen molar-refractivity contribution in [3.05, 3.63) is 47.4 Å². The summed E-state index contributed by atoms with van der Waals surface area (Å²) in [6.45, 7) is 4.07. The Morgan fingerprint density at radius 3 is 2.71 bits per heavy atom. The number of carbonyl (C=O) groups excluding carboxylic acids is 2. The van der Waals surface area contributed by atoms with Crippen molar-refractivity contribution in [1.82, 2.24) is 20.1 Å². The molecule has 7 nitrogen and oxygen atoms in total. The molecule has 0 radical (unpaired) electrons. The van der Waals surface area contributed by atoms with Gasteiger partial charge >= 0.3 is 11.8 Å². The van der Waals surface area contributed by atoms with Crippen molar-refractivity contribution in [2.75, 3.05) is 5.32 Å². The van der Waals surface area contributed by atoms with Gasteiger partial charge < -0.3 is 15.6 Å². The second-order valence-electron chi connectivity index (χ2n) is 5.69. The van der Waals surface area contributed by atoms with Gasteiger partial charge in [-0.05, 0) is 38.1 Å². The van der Waals surface area contributed by atoms with E-state index in [9.17, 15) is 9.59 Å². The second kappa shape index (κ2) is 6.19. The molecule has 1 aromatic carbocycles. The number of amides is 2. The predicted octanol–water partition coefficient (Wildman–Crippen LogP) is 1.77. The van der Waals surface area contributed by atoms with Crippen LogP contribution in [-0.4, -0.2) is 26.6 Å². The van der Waals surface area contributed by atoms with E-state index in [1.807, 2.05) is 45.3 Å². The van der Waals surface area contributed by atoms with Crippen molar-refractivity contribution in [2.24, 2.45) is 7.05 Å². The molecule has 0 aliphatic rings. The molecule has 24 heavy (non-hydrogen) atoms. The van der Waals surface area contributed by atoms with Crippen LogP contribution in [0.25, 0.3) is 10.9 Å². The summed E-state index contributed by atoms with van der Waals surface area (Å²) in [4.78, 5) is 27.1. The summed E-state index contributed by atoms with van der Waals surface area (Å²) in [7, 11) is 1.84. The highest BCUT2D eigenvalue weighted by Crippen LogP contribution is 2.17. The number of aryl methyl sites for hydroxylation is 2. The number of carbonyl (C=O) groups is 2. The summed E-state index contributed by atoms with van der Waals surface area (Å²) in [5, 5.41) is 10.5. The Kier molecular flexibility index (Phi) is 4.07. The van der Waals surface area contributed by atoms with Crippen LogP contribution >= 0.6 is 0 Å². The van der Waals surface area contributed by atoms with Crippen molar-refractivity contribution in [3.63, 3.8) is 0 Å². The van der Waals surface area contributed by atoms with Gasteiger partial charge in [0.2, 0.25) is 0 Å². The number of aromatic nitrogens is 3. The summed E-state index contributed by atoms with van der Waals surface area (Å²) >= 11 is 0. The van der Waals surface area contributed by atoms with Gasteiger partial charge in [-0.2, -0.15) is 5.10 Å². The number of rotatable bonds is 3. The van der Waals surface area contributed by atoms with Crippen molar-refractivity contribution in [2.45, 2.75) is 20.4 Å². The maximum absolute atomic E-state index is 12.0. The van der Waals surface area contributed by atoms with Gasteiger partial charge in [-0.15, -0.1) is 0 Å². The SMILES string of the molecule is Cc1nn(C)c(C)c1CNC(=O)C(=O)Nc1ccc2[nH]ccc2c1. The topological polar surface area (TPSA) is 91.8 Å². The molecule has 2 amide bonds. The molecule has 0 aliphatic heterocycles. The van der Waals surface area contributed by atoms with Gasteiger partial charge in [-0.3, -0.25) is 14.3 Å². The van der Waals surface area contributed by atoms with E-state index in [4.69, 9.17) is 0 Å². The largest absolute Gasteiger partial charge is 0.361 e. The normalized spacial score (nSPS) is 10.8. The Morgan fingerprint density at radius 2 is 2.00 bits per heavy atom. The third-order valence-electron chi connectivity index (χ3n) is 4.10. The van der Waals surface area contributed by atoms with Gasteiger partial charge in [0.15, 0.2) is 0 Å². The third-order valence-corrected chi connectivity index (χ3v) is 4.10. The third kappa shape index (κ3) is 3.01. The maximum Gasteiger partial charge on any atom is 0.313 e. The molecule has 3 N–H and O–H groups in total. The molecule has 0 atom stereocenters. The fourth-order valence-electron chi connectivity index (χ4n) is 2.64. The highest BCUT2D eigenvalue weighted by molar-refractivity contribution is 6.39. The number of nitrogens with one attached hydrogen (secondary N) is 3. The predicted molar refractivity (Wildman–Crippen MR) is 91.5 cm³/mol. The molecule has 0 unspecified atom stereocenters. The molecule has 124 valence electrons. The number of benzene rings is 1. The lowest BCUT2D eigenvalue weighted by molar-refractivity contribution is -0.136. The van der Waals surface area contributed by atoms with E-state index in [-0.39, 0.29) is 6.54 Å². The average Bonchev–Trinajstić information content (AvgIpc) is 3.10. The molecule has 0 fully saturated rings. The number of fused-ring (bicyclic) bond motifs is 1. The first kappa shape index (κ1) is 15.8. The number of H-pyrrole nitrogens is 1. The van der Waals surface area contributed by atoms with Gasteiger partial charge in [-0.1, -0.05) is 0 Å². The van der Waals surface area contributed by atoms with Crippen LogP contribution in [0.1, 0.15) is 17.0 Å². The zero-order chi connectivity index (χ0) is 17.3. The van der Waals surface area contributed by atoms with Gasteiger partial charge in [0.05, 0.1) is 5.69 Å². The summed E-state index contributed by atoms with van der Waals surface area (Å²) < 4.78 is 1.75. The number of hydrogen-bond donors (Lipinski definition) is 3. The monoisotopic (exact) mass is 325 g/mol. The molecule has 7 heteroatoms. The van der Waals surface area contributed by atoms with Crippen LogP contribution in [0.2, 0.25) is 0 Å². The zero-order valence-corrected chi connectivity index (χ0v) is 13.8. The van der Waals surface area contributed by atoms with E-state index in [1.54, 1.807) is 10.7 Å². The molecule has 3 aromatic rings. The number of aromatic amines is 1. The standard InChI is InChI=1S/C17H19N5O2/c1-10-14(11(2)22(3)21-10)9-19-16(23)17(24)20-13-4-5-15-12(8-13)6-7-18-15/h4-8,18H,9H2,1-3H3,(H,19,23)(H,20,24). The second-order valence-corrected chi connectivity index (χ2v) is 5.69. The highest BCUT2D eigenvalue weighted by Gasteiger charge is 2.16. The van der Waals surface area contributed by atoms with Crippen molar-refractivity contribution in [1.29, 1.82) is 0 Å².